The van der Waals surface area contributed by atoms with E-state index in [9.17, 15) is 9.59 Å². The quantitative estimate of drug-likeness (QED) is 0.560. The van der Waals surface area contributed by atoms with Gasteiger partial charge in [0.05, 0.1) is 22.2 Å². The summed E-state index contributed by atoms with van der Waals surface area (Å²) in [5.41, 5.74) is 3.46. The number of benzene rings is 3. The van der Waals surface area contributed by atoms with Crippen LogP contribution >= 0.6 is 0 Å². The van der Waals surface area contributed by atoms with Gasteiger partial charge in [-0.05, 0) is 55.3 Å². The van der Waals surface area contributed by atoms with Crippen molar-refractivity contribution in [2.45, 2.75) is 19.8 Å². The van der Waals surface area contributed by atoms with Crippen LogP contribution < -0.4 is 5.56 Å². The van der Waals surface area contributed by atoms with Gasteiger partial charge in [-0.3, -0.25) is 9.36 Å². The average Bonchev–Trinajstić information content (AvgIpc) is 2.74. The molecule has 5 heteroatoms. The van der Waals surface area contributed by atoms with Crippen molar-refractivity contribution in [1.29, 1.82) is 0 Å². The van der Waals surface area contributed by atoms with Gasteiger partial charge < -0.3 is 5.11 Å². The molecular formula is C24H20N2O3. The van der Waals surface area contributed by atoms with Gasteiger partial charge in [-0.2, -0.15) is 0 Å². The highest BCUT2D eigenvalue weighted by Crippen LogP contribution is 2.17. The van der Waals surface area contributed by atoms with Gasteiger partial charge in [-0.25, -0.2) is 9.78 Å². The molecule has 0 saturated heterocycles. The molecule has 0 saturated carbocycles. The summed E-state index contributed by atoms with van der Waals surface area (Å²) in [4.78, 5) is 29.3. The van der Waals surface area contributed by atoms with E-state index in [0.29, 0.717) is 28.8 Å². The Kier molecular flexibility index (Phi) is 4.96. The summed E-state index contributed by atoms with van der Waals surface area (Å²) in [6.07, 6.45) is 1.33. The van der Waals surface area contributed by atoms with Crippen molar-refractivity contribution >= 4 is 16.9 Å². The fraction of sp³-hybridized carbons (Fsp3) is 0.125. The van der Waals surface area contributed by atoms with Crippen molar-refractivity contribution in [2.24, 2.45) is 0 Å². The molecule has 0 aliphatic heterocycles. The Morgan fingerprint density at radius 1 is 0.966 bits per heavy atom. The molecule has 1 aromatic heterocycles. The van der Waals surface area contributed by atoms with Crippen LogP contribution in [0.5, 0.6) is 0 Å². The molecule has 0 fully saturated rings. The van der Waals surface area contributed by atoms with Crippen LogP contribution in [0.15, 0.2) is 77.6 Å². The van der Waals surface area contributed by atoms with Crippen molar-refractivity contribution in [2.75, 3.05) is 0 Å². The predicted molar refractivity (Wildman–Crippen MR) is 113 cm³/mol. The lowest BCUT2D eigenvalue weighted by molar-refractivity contribution is 0.0697. The second kappa shape index (κ2) is 7.72. The normalized spacial score (nSPS) is 10.9. The number of nitrogens with zero attached hydrogens (tertiary/aromatic N) is 2. The fourth-order valence-electron chi connectivity index (χ4n) is 3.43. The van der Waals surface area contributed by atoms with Gasteiger partial charge in [0.1, 0.15) is 5.82 Å². The van der Waals surface area contributed by atoms with Gasteiger partial charge in [0.25, 0.3) is 5.56 Å². The third-order valence-corrected chi connectivity index (χ3v) is 4.95. The SMILES string of the molecule is Cc1ccc2nc(CCc3ccccc3)n(-c3ccc(C(=O)O)cc3)c(=O)c2c1. The summed E-state index contributed by atoms with van der Waals surface area (Å²) in [5.74, 6) is -0.348. The monoisotopic (exact) mass is 384 g/mol. The van der Waals surface area contributed by atoms with Crippen LogP contribution in [0.2, 0.25) is 0 Å². The van der Waals surface area contributed by atoms with E-state index in [1.807, 2.05) is 43.3 Å². The van der Waals surface area contributed by atoms with Gasteiger partial charge in [-0.1, -0.05) is 42.0 Å². The van der Waals surface area contributed by atoms with Crippen molar-refractivity contribution in [3.8, 4) is 5.69 Å². The van der Waals surface area contributed by atoms with E-state index in [1.165, 1.54) is 17.7 Å². The number of aromatic nitrogens is 2. The number of carboxylic acids is 1. The van der Waals surface area contributed by atoms with Gasteiger partial charge >= 0.3 is 5.97 Å². The number of fused-ring (bicyclic) bond motifs is 1. The Labute approximate surface area is 167 Å². The first-order valence-corrected chi connectivity index (χ1v) is 9.43. The molecule has 5 nitrogen and oxygen atoms in total. The average molecular weight is 384 g/mol. The van der Waals surface area contributed by atoms with Crippen LogP contribution in [0.3, 0.4) is 0 Å². The third kappa shape index (κ3) is 3.80. The van der Waals surface area contributed by atoms with Crippen LogP contribution in [0, 0.1) is 6.92 Å². The fourth-order valence-corrected chi connectivity index (χ4v) is 3.43. The number of aryl methyl sites for hydroxylation is 3. The van der Waals surface area contributed by atoms with Crippen LogP contribution in [-0.4, -0.2) is 20.6 Å². The molecule has 0 amide bonds. The van der Waals surface area contributed by atoms with Crippen LogP contribution in [0.4, 0.5) is 0 Å². The Hall–Kier alpha value is -3.73. The molecule has 0 atom stereocenters. The second-order valence-electron chi connectivity index (χ2n) is 7.03. The summed E-state index contributed by atoms with van der Waals surface area (Å²) < 4.78 is 1.59. The van der Waals surface area contributed by atoms with E-state index in [1.54, 1.807) is 16.7 Å². The maximum Gasteiger partial charge on any atom is 0.335 e. The third-order valence-electron chi connectivity index (χ3n) is 4.95. The van der Waals surface area contributed by atoms with E-state index in [-0.39, 0.29) is 11.1 Å². The number of hydrogen-bond donors (Lipinski definition) is 1. The smallest absolute Gasteiger partial charge is 0.335 e. The number of aromatic carboxylic acids is 1. The first kappa shape index (κ1) is 18.6. The van der Waals surface area contributed by atoms with E-state index >= 15 is 0 Å². The van der Waals surface area contributed by atoms with E-state index in [2.05, 4.69) is 12.1 Å². The molecule has 0 unspecified atom stereocenters. The topological polar surface area (TPSA) is 72.2 Å². The summed E-state index contributed by atoms with van der Waals surface area (Å²) in [6, 6.07) is 22.0. The molecule has 1 heterocycles. The minimum absolute atomic E-state index is 0.148. The van der Waals surface area contributed by atoms with E-state index in [0.717, 1.165) is 12.0 Å². The molecule has 0 radical (unpaired) electrons. The zero-order valence-corrected chi connectivity index (χ0v) is 16.0. The van der Waals surface area contributed by atoms with E-state index < -0.39 is 5.97 Å². The predicted octanol–water partition coefficient (Wildman–Crippen LogP) is 4.18. The van der Waals surface area contributed by atoms with Crippen molar-refractivity contribution in [3.63, 3.8) is 0 Å². The molecular weight excluding hydrogens is 364 g/mol. The molecule has 4 rings (SSSR count). The Morgan fingerprint density at radius 2 is 1.69 bits per heavy atom. The molecule has 29 heavy (non-hydrogen) atoms. The number of carboxylic acid groups (broad SMARTS) is 1. The maximum atomic E-state index is 13.3. The lowest BCUT2D eigenvalue weighted by Crippen LogP contribution is -2.24. The van der Waals surface area contributed by atoms with Crippen LogP contribution in [0.1, 0.15) is 27.3 Å². The number of rotatable bonds is 5. The maximum absolute atomic E-state index is 13.3. The molecule has 144 valence electrons. The summed E-state index contributed by atoms with van der Waals surface area (Å²) in [7, 11) is 0. The van der Waals surface area contributed by atoms with Crippen molar-refractivity contribution in [3.05, 3.63) is 106 Å². The van der Waals surface area contributed by atoms with Gasteiger partial charge in [0.15, 0.2) is 0 Å². The molecule has 3 aromatic carbocycles. The first-order chi connectivity index (χ1) is 14.0. The minimum Gasteiger partial charge on any atom is -0.478 e. The van der Waals surface area contributed by atoms with Gasteiger partial charge in [0, 0.05) is 6.42 Å². The molecule has 4 aromatic rings. The number of hydrogen-bond acceptors (Lipinski definition) is 3. The Morgan fingerprint density at radius 3 is 2.38 bits per heavy atom. The lowest BCUT2D eigenvalue weighted by atomic mass is 10.1. The lowest BCUT2D eigenvalue weighted by Gasteiger charge is -2.14. The Balaban J connectivity index is 1.85. The highest BCUT2D eigenvalue weighted by atomic mass is 16.4. The standard InChI is InChI=1S/C24H20N2O3/c1-16-7-13-21-20(15-16)23(27)26(19-11-9-18(10-12-19)24(28)29)22(25-21)14-8-17-5-3-2-4-6-17/h2-7,9-13,15H,8,14H2,1H3,(H,28,29). The molecule has 0 spiro atoms. The molecule has 0 aliphatic rings. The molecule has 0 aliphatic carbocycles. The van der Waals surface area contributed by atoms with Crippen molar-refractivity contribution < 1.29 is 9.90 Å². The highest BCUT2D eigenvalue weighted by molar-refractivity contribution is 5.87. The Bertz CT molecular complexity index is 1240. The molecule has 0 bridgehead atoms. The van der Waals surface area contributed by atoms with Crippen LogP contribution in [-0.2, 0) is 12.8 Å². The van der Waals surface area contributed by atoms with Crippen molar-refractivity contribution in [1.82, 2.24) is 9.55 Å². The van der Waals surface area contributed by atoms with E-state index in [4.69, 9.17) is 10.1 Å². The van der Waals surface area contributed by atoms with Gasteiger partial charge in [-0.15, -0.1) is 0 Å². The summed E-state index contributed by atoms with van der Waals surface area (Å²) in [6.45, 7) is 1.94. The second-order valence-corrected chi connectivity index (χ2v) is 7.03. The number of carbonyl (C=O) groups is 1. The summed E-state index contributed by atoms with van der Waals surface area (Å²) >= 11 is 0. The zero-order chi connectivity index (χ0) is 20.4. The first-order valence-electron chi connectivity index (χ1n) is 9.43. The summed E-state index contributed by atoms with van der Waals surface area (Å²) in [5, 5.41) is 9.71. The van der Waals surface area contributed by atoms with Crippen LogP contribution in [0.25, 0.3) is 16.6 Å². The zero-order valence-electron chi connectivity index (χ0n) is 16.0. The highest BCUT2D eigenvalue weighted by Gasteiger charge is 2.14. The minimum atomic E-state index is -1.000. The molecule has 1 N–H and O–H groups in total. The van der Waals surface area contributed by atoms with Gasteiger partial charge in [0.2, 0.25) is 0 Å². The largest absolute Gasteiger partial charge is 0.478 e.